The lowest BCUT2D eigenvalue weighted by atomic mass is 10.1. The Morgan fingerprint density at radius 2 is 1.69 bits per heavy atom. The van der Waals surface area contributed by atoms with Crippen LogP contribution in [0, 0.1) is 13.8 Å². The first kappa shape index (κ1) is 22.4. The number of benzene rings is 2. The number of anilines is 1. The normalized spacial score (nSPS) is 11.1. The van der Waals surface area contributed by atoms with Crippen molar-refractivity contribution in [3.63, 3.8) is 0 Å². The smallest absolute Gasteiger partial charge is 0.259 e. The molecule has 0 unspecified atom stereocenters. The van der Waals surface area contributed by atoms with Gasteiger partial charge in [-0.15, -0.1) is 0 Å². The van der Waals surface area contributed by atoms with Gasteiger partial charge in [0.15, 0.2) is 6.61 Å². The summed E-state index contributed by atoms with van der Waals surface area (Å²) in [6, 6.07) is 9.54. The van der Waals surface area contributed by atoms with Crippen LogP contribution in [0.5, 0.6) is 5.75 Å². The molecule has 0 saturated carbocycles. The minimum Gasteiger partial charge on any atom is -0.484 e. The molecule has 2 amide bonds. The molecular weight excluding hydrogens is 394 g/mol. The maximum Gasteiger partial charge on any atom is 0.259 e. The van der Waals surface area contributed by atoms with Crippen LogP contribution in [0.2, 0.25) is 0 Å². The molecular formula is C20H25N3O5S. The second-order valence-electron chi connectivity index (χ2n) is 6.68. The van der Waals surface area contributed by atoms with E-state index < -0.39 is 15.9 Å². The predicted molar refractivity (Wildman–Crippen MR) is 111 cm³/mol. The zero-order chi connectivity index (χ0) is 21.8. The highest BCUT2D eigenvalue weighted by atomic mass is 32.2. The number of likely N-dealkylation sites (N-methyl/N-ethyl adjacent to an activating group) is 1. The SMILES string of the molecule is CNS(=O)(=O)c1cc(C(=O)Nc2ccc(OCC(=O)N(C)C)cc2)cc(C)c1C. The number of rotatable bonds is 7. The number of amides is 2. The zero-order valence-electron chi connectivity index (χ0n) is 17.1. The van der Waals surface area contributed by atoms with Gasteiger partial charge in [-0.25, -0.2) is 13.1 Å². The maximum absolute atomic E-state index is 12.6. The van der Waals surface area contributed by atoms with Gasteiger partial charge in [0.25, 0.3) is 11.8 Å². The minimum atomic E-state index is -3.68. The summed E-state index contributed by atoms with van der Waals surface area (Å²) in [6.45, 7) is 3.37. The molecule has 0 atom stereocenters. The third-order valence-electron chi connectivity index (χ3n) is 4.41. The highest BCUT2D eigenvalue weighted by Crippen LogP contribution is 2.22. The van der Waals surface area contributed by atoms with Crippen LogP contribution in [0.25, 0.3) is 0 Å². The zero-order valence-corrected chi connectivity index (χ0v) is 17.9. The first-order valence-corrected chi connectivity index (χ1v) is 10.3. The molecule has 0 radical (unpaired) electrons. The highest BCUT2D eigenvalue weighted by Gasteiger charge is 2.19. The molecule has 29 heavy (non-hydrogen) atoms. The first-order chi connectivity index (χ1) is 13.5. The number of ether oxygens (including phenoxy) is 1. The molecule has 2 N–H and O–H groups in total. The summed E-state index contributed by atoms with van der Waals surface area (Å²) in [5.41, 5.74) is 2.03. The fourth-order valence-electron chi connectivity index (χ4n) is 2.46. The fourth-order valence-corrected chi connectivity index (χ4v) is 3.53. The molecule has 0 aromatic heterocycles. The number of carbonyl (C=O) groups excluding carboxylic acids is 2. The second kappa shape index (κ2) is 9.06. The van der Waals surface area contributed by atoms with Crippen LogP contribution in [-0.2, 0) is 14.8 Å². The average molecular weight is 420 g/mol. The van der Waals surface area contributed by atoms with E-state index in [0.717, 1.165) is 0 Å². The summed E-state index contributed by atoms with van der Waals surface area (Å²) in [4.78, 5) is 25.7. The lowest BCUT2D eigenvalue weighted by molar-refractivity contribution is -0.130. The number of aryl methyl sites for hydroxylation is 1. The molecule has 0 heterocycles. The Morgan fingerprint density at radius 1 is 1.07 bits per heavy atom. The molecule has 0 aliphatic heterocycles. The van der Waals surface area contributed by atoms with Crippen molar-refractivity contribution >= 4 is 27.5 Å². The summed E-state index contributed by atoms with van der Waals surface area (Å²) in [7, 11) is 0.929. The molecule has 0 bridgehead atoms. The number of nitrogens with zero attached hydrogens (tertiary/aromatic N) is 1. The van der Waals surface area contributed by atoms with Gasteiger partial charge in [-0.2, -0.15) is 0 Å². The molecule has 8 nitrogen and oxygen atoms in total. The standard InChI is InChI=1S/C20H25N3O5S/c1-13-10-15(11-18(14(13)2)29(26,27)21-3)20(25)22-16-6-8-17(9-7-16)28-12-19(24)23(4)5/h6-11,21H,12H2,1-5H3,(H,22,25). The fraction of sp³-hybridized carbons (Fsp3) is 0.300. The molecule has 2 aromatic carbocycles. The Hall–Kier alpha value is -2.91. The predicted octanol–water partition coefficient (Wildman–Crippen LogP) is 1.93. The average Bonchev–Trinajstić information content (AvgIpc) is 2.68. The van der Waals surface area contributed by atoms with E-state index in [9.17, 15) is 18.0 Å². The van der Waals surface area contributed by atoms with Crippen molar-refractivity contribution in [1.29, 1.82) is 0 Å². The summed E-state index contributed by atoms with van der Waals surface area (Å²) in [5, 5.41) is 2.73. The van der Waals surface area contributed by atoms with Gasteiger partial charge in [-0.3, -0.25) is 9.59 Å². The van der Waals surface area contributed by atoms with E-state index in [1.165, 1.54) is 18.0 Å². The molecule has 0 fully saturated rings. The Kier molecular flexibility index (Phi) is 6.99. The van der Waals surface area contributed by atoms with Crippen molar-refractivity contribution in [3.8, 4) is 5.75 Å². The van der Waals surface area contributed by atoms with Crippen molar-refractivity contribution in [2.75, 3.05) is 33.1 Å². The largest absolute Gasteiger partial charge is 0.484 e. The quantitative estimate of drug-likeness (QED) is 0.714. The highest BCUT2D eigenvalue weighted by molar-refractivity contribution is 7.89. The van der Waals surface area contributed by atoms with Gasteiger partial charge in [0, 0.05) is 25.3 Å². The lowest BCUT2D eigenvalue weighted by Crippen LogP contribution is -2.27. The Balaban J connectivity index is 2.15. The second-order valence-corrected chi connectivity index (χ2v) is 8.53. The van der Waals surface area contributed by atoms with Crippen molar-refractivity contribution in [3.05, 3.63) is 53.1 Å². The lowest BCUT2D eigenvalue weighted by Gasteiger charge is -2.13. The molecule has 9 heteroatoms. The van der Waals surface area contributed by atoms with Gasteiger partial charge in [0.05, 0.1) is 4.90 Å². The topological polar surface area (TPSA) is 105 Å². The summed E-state index contributed by atoms with van der Waals surface area (Å²) in [5.74, 6) is -0.103. The van der Waals surface area contributed by atoms with Crippen LogP contribution in [0.1, 0.15) is 21.5 Å². The molecule has 0 spiro atoms. The van der Waals surface area contributed by atoms with E-state index in [-0.39, 0.29) is 23.0 Å². The Morgan fingerprint density at radius 3 is 2.24 bits per heavy atom. The van der Waals surface area contributed by atoms with Crippen molar-refractivity contribution < 1.29 is 22.7 Å². The minimum absolute atomic E-state index is 0.0689. The van der Waals surface area contributed by atoms with Crippen LogP contribution in [0.3, 0.4) is 0 Å². The molecule has 0 aliphatic rings. The molecule has 0 saturated heterocycles. The van der Waals surface area contributed by atoms with Gasteiger partial charge in [0.2, 0.25) is 10.0 Å². The molecule has 2 aromatic rings. The van der Waals surface area contributed by atoms with Crippen LogP contribution in [-0.4, -0.2) is 52.9 Å². The first-order valence-electron chi connectivity index (χ1n) is 8.84. The van der Waals surface area contributed by atoms with E-state index in [1.807, 2.05) is 0 Å². The summed E-state index contributed by atoms with van der Waals surface area (Å²) >= 11 is 0. The van der Waals surface area contributed by atoms with E-state index >= 15 is 0 Å². The number of hydrogen-bond acceptors (Lipinski definition) is 5. The van der Waals surface area contributed by atoms with Crippen LogP contribution in [0.4, 0.5) is 5.69 Å². The van der Waals surface area contributed by atoms with Gasteiger partial charge >= 0.3 is 0 Å². The molecule has 0 aliphatic carbocycles. The number of hydrogen-bond donors (Lipinski definition) is 2. The van der Waals surface area contributed by atoms with Gasteiger partial charge in [-0.05, 0) is 68.4 Å². The Bertz CT molecular complexity index is 1020. The maximum atomic E-state index is 12.6. The van der Waals surface area contributed by atoms with Crippen LogP contribution >= 0.6 is 0 Å². The number of carbonyl (C=O) groups is 2. The third kappa shape index (κ3) is 5.55. The summed E-state index contributed by atoms with van der Waals surface area (Å²) in [6.07, 6.45) is 0. The van der Waals surface area contributed by atoms with E-state index in [2.05, 4.69) is 10.0 Å². The van der Waals surface area contributed by atoms with E-state index in [1.54, 1.807) is 58.3 Å². The van der Waals surface area contributed by atoms with Crippen molar-refractivity contribution in [2.45, 2.75) is 18.7 Å². The van der Waals surface area contributed by atoms with Gasteiger partial charge < -0.3 is 15.0 Å². The van der Waals surface area contributed by atoms with E-state index in [4.69, 9.17) is 4.74 Å². The van der Waals surface area contributed by atoms with E-state index in [0.29, 0.717) is 22.6 Å². The van der Waals surface area contributed by atoms with Crippen LogP contribution in [0.15, 0.2) is 41.3 Å². The van der Waals surface area contributed by atoms with Crippen LogP contribution < -0.4 is 14.8 Å². The van der Waals surface area contributed by atoms with Crippen molar-refractivity contribution in [2.24, 2.45) is 0 Å². The van der Waals surface area contributed by atoms with Crippen molar-refractivity contribution in [1.82, 2.24) is 9.62 Å². The van der Waals surface area contributed by atoms with Gasteiger partial charge in [-0.1, -0.05) is 0 Å². The number of nitrogens with one attached hydrogen (secondary N) is 2. The third-order valence-corrected chi connectivity index (χ3v) is 5.95. The molecule has 156 valence electrons. The molecule has 2 rings (SSSR count). The number of sulfonamides is 1. The summed E-state index contributed by atoms with van der Waals surface area (Å²) < 4.78 is 32.1. The Labute approximate surface area is 170 Å². The van der Waals surface area contributed by atoms with Gasteiger partial charge in [0.1, 0.15) is 5.75 Å². The monoisotopic (exact) mass is 419 g/mol.